The summed E-state index contributed by atoms with van der Waals surface area (Å²) in [5.41, 5.74) is 0. The Balaban J connectivity index is 4.59. The fourth-order valence-corrected chi connectivity index (χ4v) is 3.16. The molecule has 0 aromatic carbocycles. The van der Waals surface area contributed by atoms with Crippen molar-refractivity contribution < 1.29 is 9.53 Å². The molecule has 0 aromatic heterocycles. The second-order valence-electron chi connectivity index (χ2n) is 6.12. The third kappa shape index (κ3) is 7.59. The van der Waals surface area contributed by atoms with Crippen LogP contribution in [0.3, 0.4) is 0 Å². The van der Waals surface area contributed by atoms with E-state index in [1.807, 2.05) is 0 Å². The molecular formula is C17H34O2. The highest BCUT2D eigenvalue weighted by Crippen LogP contribution is 2.29. The van der Waals surface area contributed by atoms with Gasteiger partial charge in [0.25, 0.3) is 0 Å². The van der Waals surface area contributed by atoms with Crippen molar-refractivity contribution in [3.05, 3.63) is 0 Å². The molecule has 0 spiro atoms. The molecule has 0 saturated carbocycles. The van der Waals surface area contributed by atoms with Crippen LogP contribution in [-0.4, -0.2) is 12.1 Å². The lowest BCUT2D eigenvalue weighted by Gasteiger charge is -2.31. The van der Waals surface area contributed by atoms with Crippen LogP contribution in [0, 0.1) is 17.8 Å². The van der Waals surface area contributed by atoms with Crippen molar-refractivity contribution in [2.75, 3.05) is 0 Å². The molecule has 19 heavy (non-hydrogen) atoms. The normalized spacial score (nSPS) is 17.6. The van der Waals surface area contributed by atoms with Crippen LogP contribution in [0.1, 0.15) is 80.1 Å². The summed E-state index contributed by atoms with van der Waals surface area (Å²) in [7, 11) is 0. The maximum absolute atomic E-state index is 11.3. The summed E-state index contributed by atoms with van der Waals surface area (Å²) in [6.45, 7) is 12.7. The van der Waals surface area contributed by atoms with Gasteiger partial charge in [0.05, 0.1) is 0 Å². The summed E-state index contributed by atoms with van der Waals surface area (Å²) in [5.74, 6) is 1.56. The van der Waals surface area contributed by atoms with Gasteiger partial charge in [-0.3, -0.25) is 4.79 Å². The van der Waals surface area contributed by atoms with Gasteiger partial charge in [0.1, 0.15) is 6.10 Å². The predicted octanol–water partition coefficient (Wildman–Crippen LogP) is 5.21. The molecule has 0 aliphatic carbocycles. The molecule has 0 fully saturated rings. The number of hydrogen-bond donors (Lipinski definition) is 0. The molecular weight excluding hydrogens is 236 g/mol. The highest BCUT2D eigenvalue weighted by Gasteiger charge is 2.27. The second kappa shape index (κ2) is 10.3. The number of esters is 1. The van der Waals surface area contributed by atoms with Crippen molar-refractivity contribution in [3.8, 4) is 0 Å². The third-order valence-corrected chi connectivity index (χ3v) is 4.15. The van der Waals surface area contributed by atoms with E-state index in [2.05, 4.69) is 34.6 Å². The zero-order chi connectivity index (χ0) is 14.8. The molecule has 0 heterocycles. The number of carbonyl (C=O) groups excluding carboxylic acids is 1. The molecule has 0 bridgehead atoms. The molecule has 0 N–H and O–H groups in total. The fourth-order valence-electron chi connectivity index (χ4n) is 3.16. The van der Waals surface area contributed by atoms with Crippen LogP contribution < -0.4 is 0 Å². The Morgan fingerprint density at radius 1 is 1.00 bits per heavy atom. The first-order valence-corrected chi connectivity index (χ1v) is 8.13. The van der Waals surface area contributed by atoms with Crippen molar-refractivity contribution >= 4 is 5.97 Å². The molecule has 0 rings (SSSR count). The second-order valence-corrected chi connectivity index (χ2v) is 6.12. The van der Waals surface area contributed by atoms with Crippen LogP contribution in [0.2, 0.25) is 0 Å². The lowest BCUT2D eigenvalue weighted by Crippen LogP contribution is -2.32. The summed E-state index contributed by atoms with van der Waals surface area (Å²) in [6.07, 6.45) is 7.31. The van der Waals surface area contributed by atoms with E-state index in [0.717, 1.165) is 18.8 Å². The van der Waals surface area contributed by atoms with Crippen LogP contribution in [0.4, 0.5) is 0 Å². The molecule has 0 aliphatic heterocycles. The van der Waals surface area contributed by atoms with Crippen molar-refractivity contribution in [2.24, 2.45) is 17.8 Å². The molecule has 0 aromatic rings. The molecule has 0 radical (unpaired) electrons. The van der Waals surface area contributed by atoms with E-state index in [1.165, 1.54) is 32.6 Å². The molecule has 0 saturated heterocycles. The summed E-state index contributed by atoms with van der Waals surface area (Å²) in [6, 6.07) is 0. The Bertz CT molecular complexity index is 237. The fraction of sp³-hybridized carbons (Fsp3) is 0.941. The quantitative estimate of drug-likeness (QED) is 0.510. The monoisotopic (exact) mass is 270 g/mol. The minimum absolute atomic E-state index is 0.0864. The minimum atomic E-state index is -0.136. The van der Waals surface area contributed by atoms with E-state index in [0.29, 0.717) is 11.8 Å². The zero-order valence-corrected chi connectivity index (χ0v) is 13.9. The van der Waals surface area contributed by atoms with Gasteiger partial charge >= 0.3 is 5.97 Å². The number of rotatable bonds is 10. The summed E-state index contributed by atoms with van der Waals surface area (Å²) in [5, 5.41) is 0. The molecule has 4 atom stereocenters. The third-order valence-electron chi connectivity index (χ3n) is 4.15. The van der Waals surface area contributed by atoms with E-state index in [-0.39, 0.29) is 12.1 Å². The Labute approximate surface area is 120 Å². The number of ether oxygens (including phenoxy) is 1. The van der Waals surface area contributed by atoms with Gasteiger partial charge in [-0.15, -0.1) is 0 Å². The average molecular weight is 270 g/mol. The molecule has 114 valence electrons. The van der Waals surface area contributed by atoms with Crippen molar-refractivity contribution in [2.45, 2.75) is 86.2 Å². The van der Waals surface area contributed by atoms with Crippen molar-refractivity contribution in [3.63, 3.8) is 0 Å². The van der Waals surface area contributed by atoms with Crippen LogP contribution in [-0.2, 0) is 9.53 Å². The van der Waals surface area contributed by atoms with Gasteiger partial charge in [-0.05, 0) is 30.6 Å². The van der Waals surface area contributed by atoms with Crippen LogP contribution in [0.25, 0.3) is 0 Å². The number of carbonyl (C=O) groups is 1. The standard InChI is InChI=1S/C17H34O2/c1-7-10-13(4)17(19-15(6)18)14(5)12-16(9-3)11-8-2/h13-14,16-17H,7-12H2,1-6H3. The predicted molar refractivity (Wildman–Crippen MR) is 82.1 cm³/mol. The maximum atomic E-state index is 11.3. The first kappa shape index (κ1) is 18.5. The lowest BCUT2D eigenvalue weighted by atomic mass is 9.82. The average Bonchev–Trinajstić information content (AvgIpc) is 2.35. The van der Waals surface area contributed by atoms with Crippen molar-refractivity contribution in [1.82, 2.24) is 0 Å². The lowest BCUT2D eigenvalue weighted by molar-refractivity contribution is -0.152. The Hall–Kier alpha value is -0.530. The van der Waals surface area contributed by atoms with Crippen LogP contribution in [0.15, 0.2) is 0 Å². The number of hydrogen-bond acceptors (Lipinski definition) is 2. The maximum Gasteiger partial charge on any atom is 0.302 e. The Morgan fingerprint density at radius 2 is 1.58 bits per heavy atom. The summed E-state index contributed by atoms with van der Waals surface area (Å²) in [4.78, 5) is 11.3. The zero-order valence-electron chi connectivity index (χ0n) is 13.9. The van der Waals surface area contributed by atoms with Crippen LogP contribution >= 0.6 is 0 Å². The topological polar surface area (TPSA) is 26.3 Å². The molecule has 4 unspecified atom stereocenters. The highest BCUT2D eigenvalue weighted by molar-refractivity contribution is 5.66. The molecule has 0 amide bonds. The van der Waals surface area contributed by atoms with Gasteiger partial charge in [0.2, 0.25) is 0 Å². The first-order valence-electron chi connectivity index (χ1n) is 8.13. The Kier molecular flexibility index (Phi) is 9.99. The van der Waals surface area contributed by atoms with Gasteiger partial charge in [0.15, 0.2) is 0 Å². The van der Waals surface area contributed by atoms with Crippen LogP contribution in [0.5, 0.6) is 0 Å². The van der Waals surface area contributed by atoms with Gasteiger partial charge in [-0.2, -0.15) is 0 Å². The molecule has 2 nitrogen and oxygen atoms in total. The van der Waals surface area contributed by atoms with E-state index < -0.39 is 0 Å². The van der Waals surface area contributed by atoms with Gasteiger partial charge < -0.3 is 4.74 Å². The van der Waals surface area contributed by atoms with Gasteiger partial charge in [-0.25, -0.2) is 0 Å². The van der Waals surface area contributed by atoms with E-state index in [9.17, 15) is 4.79 Å². The van der Waals surface area contributed by atoms with Crippen molar-refractivity contribution in [1.29, 1.82) is 0 Å². The summed E-state index contributed by atoms with van der Waals surface area (Å²) >= 11 is 0. The SMILES string of the molecule is CCCC(CC)CC(C)C(OC(C)=O)C(C)CCC. The molecule has 0 aliphatic rings. The molecule has 2 heteroatoms. The summed E-state index contributed by atoms with van der Waals surface area (Å²) < 4.78 is 5.61. The van der Waals surface area contributed by atoms with E-state index >= 15 is 0 Å². The van der Waals surface area contributed by atoms with E-state index in [4.69, 9.17) is 4.74 Å². The largest absolute Gasteiger partial charge is 0.462 e. The smallest absolute Gasteiger partial charge is 0.302 e. The Morgan fingerprint density at radius 3 is 2.00 bits per heavy atom. The van der Waals surface area contributed by atoms with Gasteiger partial charge in [-0.1, -0.05) is 60.3 Å². The van der Waals surface area contributed by atoms with Gasteiger partial charge in [0, 0.05) is 6.92 Å². The first-order chi connectivity index (χ1) is 8.96. The highest BCUT2D eigenvalue weighted by atomic mass is 16.5. The van der Waals surface area contributed by atoms with E-state index in [1.54, 1.807) is 0 Å². The minimum Gasteiger partial charge on any atom is -0.462 e.